The summed E-state index contributed by atoms with van der Waals surface area (Å²) in [5.74, 6) is -0.134. The summed E-state index contributed by atoms with van der Waals surface area (Å²) in [4.78, 5) is 26.1. The van der Waals surface area contributed by atoms with Gasteiger partial charge in [-0.1, -0.05) is 25.0 Å². The molecular formula is C19H28N2O3S. The van der Waals surface area contributed by atoms with Crippen molar-refractivity contribution in [2.45, 2.75) is 69.0 Å². The van der Waals surface area contributed by atoms with Crippen molar-refractivity contribution < 1.29 is 14.3 Å². The number of nitrogens with one attached hydrogen (secondary N) is 2. The Hall–Kier alpha value is -1.69. The molecule has 1 aliphatic carbocycles. The van der Waals surface area contributed by atoms with Crippen molar-refractivity contribution >= 4 is 23.8 Å². The van der Waals surface area contributed by atoms with E-state index in [0.29, 0.717) is 19.4 Å². The van der Waals surface area contributed by atoms with Crippen molar-refractivity contribution in [2.24, 2.45) is 0 Å². The molecule has 0 aliphatic heterocycles. The molecule has 5 nitrogen and oxygen atoms in total. The van der Waals surface area contributed by atoms with Gasteiger partial charge in [0.1, 0.15) is 11.1 Å². The summed E-state index contributed by atoms with van der Waals surface area (Å²) in [6, 6.07) is 8.09. The number of benzene rings is 1. The lowest BCUT2D eigenvalue weighted by atomic mass is 9.96. The number of carbonyl (C=O) groups excluding carboxylic acids is 2. The van der Waals surface area contributed by atoms with Gasteiger partial charge < -0.3 is 15.4 Å². The predicted molar refractivity (Wildman–Crippen MR) is 101 cm³/mol. The number of hydrogen-bond acceptors (Lipinski definition) is 4. The third-order valence-electron chi connectivity index (χ3n) is 4.24. The number of hydrogen-bond donors (Lipinski definition) is 2. The second kappa shape index (κ2) is 8.13. The Labute approximate surface area is 154 Å². The van der Waals surface area contributed by atoms with Gasteiger partial charge in [-0.3, -0.25) is 4.79 Å². The molecule has 25 heavy (non-hydrogen) atoms. The zero-order chi connectivity index (χ0) is 18.5. The fourth-order valence-electron chi connectivity index (χ4n) is 2.98. The van der Waals surface area contributed by atoms with E-state index in [0.717, 1.165) is 18.4 Å². The Balaban J connectivity index is 1.98. The molecule has 2 rings (SSSR count). The van der Waals surface area contributed by atoms with Crippen molar-refractivity contribution in [3.8, 4) is 0 Å². The minimum Gasteiger partial charge on any atom is -0.444 e. The van der Waals surface area contributed by atoms with E-state index in [1.807, 2.05) is 51.3 Å². The van der Waals surface area contributed by atoms with Crippen LogP contribution in [0.15, 0.2) is 29.2 Å². The maximum atomic E-state index is 12.8. The molecule has 1 aromatic carbocycles. The molecular weight excluding hydrogens is 336 g/mol. The smallest absolute Gasteiger partial charge is 0.408 e. The molecule has 6 heteroatoms. The van der Waals surface area contributed by atoms with Crippen LogP contribution in [0.3, 0.4) is 0 Å². The highest BCUT2D eigenvalue weighted by atomic mass is 32.2. The van der Waals surface area contributed by atoms with Crippen molar-refractivity contribution in [1.82, 2.24) is 10.6 Å². The van der Waals surface area contributed by atoms with E-state index in [-0.39, 0.29) is 5.91 Å². The van der Waals surface area contributed by atoms with Crippen LogP contribution in [0.25, 0.3) is 0 Å². The molecule has 0 unspecified atom stereocenters. The van der Waals surface area contributed by atoms with Gasteiger partial charge in [0.05, 0.1) is 0 Å². The van der Waals surface area contributed by atoms with Crippen LogP contribution in [0.4, 0.5) is 4.79 Å². The summed E-state index contributed by atoms with van der Waals surface area (Å²) in [5.41, 5.74) is -0.405. The number of ether oxygens (including phenoxy) is 1. The summed E-state index contributed by atoms with van der Waals surface area (Å²) in [6.07, 6.45) is 4.63. The number of carbonyl (C=O) groups is 2. The van der Waals surface area contributed by atoms with Gasteiger partial charge in [0.25, 0.3) is 0 Å². The topological polar surface area (TPSA) is 67.4 Å². The second-order valence-electron chi connectivity index (χ2n) is 7.45. The minimum atomic E-state index is -0.860. The van der Waals surface area contributed by atoms with Crippen LogP contribution in [-0.2, 0) is 16.1 Å². The van der Waals surface area contributed by atoms with Gasteiger partial charge >= 0.3 is 6.09 Å². The van der Waals surface area contributed by atoms with Crippen LogP contribution in [0, 0.1) is 0 Å². The van der Waals surface area contributed by atoms with E-state index in [1.165, 1.54) is 4.90 Å². The molecule has 0 saturated heterocycles. The van der Waals surface area contributed by atoms with Gasteiger partial charge in [0.2, 0.25) is 5.91 Å². The zero-order valence-electron chi connectivity index (χ0n) is 15.5. The molecule has 0 atom stereocenters. The number of alkyl carbamates (subject to hydrolysis) is 1. The fraction of sp³-hybridized carbons (Fsp3) is 0.579. The summed E-state index contributed by atoms with van der Waals surface area (Å²) < 4.78 is 5.33. The number of thioether (sulfide) groups is 1. The first-order valence-corrected chi connectivity index (χ1v) is 9.89. The van der Waals surface area contributed by atoms with Gasteiger partial charge in [0, 0.05) is 11.4 Å². The summed E-state index contributed by atoms with van der Waals surface area (Å²) in [7, 11) is 0. The SMILES string of the molecule is CSc1ccc(CNC(=O)C2(NC(=O)OC(C)(C)C)CCCC2)cc1. The lowest BCUT2D eigenvalue weighted by Crippen LogP contribution is -2.57. The van der Waals surface area contributed by atoms with Crippen LogP contribution in [0.5, 0.6) is 0 Å². The van der Waals surface area contributed by atoms with E-state index >= 15 is 0 Å². The third-order valence-corrected chi connectivity index (χ3v) is 4.99. The first-order valence-electron chi connectivity index (χ1n) is 8.66. The van der Waals surface area contributed by atoms with Crippen molar-refractivity contribution in [1.29, 1.82) is 0 Å². The Morgan fingerprint density at radius 1 is 1.16 bits per heavy atom. The molecule has 1 aliphatic rings. The van der Waals surface area contributed by atoms with E-state index in [4.69, 9.17) is 4.74 Å². The van der Waals surface area contributed by atoms with Crippen LogP contribution in [-0.4, -0.2) is 29.4 Å². The van der Waals surface area contributed by atoms with Crippen LogP contribution < -0.4 is 10.6 Å². The van der Waals surface area contributed by atoms with Gasteiger partial charge in [-0.05, 0) is 57.6 Å². The molecule has 2 amide bonds. The molecule has 138 valence electrons. The van der Waals surface area contributed by atoms with Crippen LogP contribution in [0.1, 0.15) is 52.0 Å². The Morgan fingerprint density at radius 3 is 2.28 bits per heavy atom. The Bertz CT molecular complexity index is 602. The standard InChI is InChI=1S/C19H28N2O3S/c1-18(2,3)24-17(23)21-19(11-5-6-12-19)16(22)20-13-14-7-9-15(25-4)10-8-14/h7-10H,5-6,11-13H2,1-4H3,(H,20,22)(H,21,23). The number of rotatable bonds is 5. The highest BCUT2D eigenvalue weighted by Crippen LogP contribution is 2.30. The fourth-order valence-corrected chi connectivity index (χ4v) is 3.39. The second-order valence-corrected chi connectivity index (χ2v) is 8.33. The van der Waals surface area contributed by atoms with Crippen molar-refractivity contribution in [3.63, 3.8) is 0 Å². The molecule has 0 aromatic heterocycles. The monoisotopic (exact) mass is 364 g/mol. The lowest BCUT2D eigenvalue weighted by molar-refractivity contribution is -0.127. The first kappa shape index (κ1) is 19.6. The molecule has 1 aromatic rings. The van der Waals surface area contributed by atoms with Crippen molar-refractivity contribution in [2.75, 3.05) is 6.26 Å². The summed E-state index contributed by atoms with van der Waals surface area (Å²) >= 11 is 1.68. The maximum absolute atomic E-state index is 12.8. The van der Waals surface area contributed by atoms with Crippen LogP contribution in [0.2, 0.25) is 0 Å². The lowest BCUT2D eigenvalue weighted by Gasteiger charge is -2.30. The molecule has 2 N–H and O–H groups in total. The molecule has 1 fully saturated rings. The maximum Gasteiger partial charge on any atom is 0.408 e. The van der Waals surface area contributed by atoms with E-state index in [1.54, 1.807) is 11.8 Å². The van der Waals surface area contributed by atoms with E-state index in [9.17, 15) is 9.59 Å². The average molecular weight is 365 g/mol. The summed E-state index contributed by atoms with van der Waals surface area (Å²) in [6.45, 7) is 5.88. The van der Waals surface area contributed by atoms with Gasteiger partial charge in [-0.25, -0.2) is 4.79 Å². The molecule has 0 spiro atoms. The molecule has 0 radical (unpaired) electrons. The third kappa shape index (κ3) is 5.66. The molecule has 0 heterocycles. The normalized spacial score (nSPS) is 16.3. The van der Waals surface area contributed by atoms with Gasteiger partial charge in [-0.15, -0.1) is 11.8 Å². The zero-order valence-corrected chi connectivity index (χ0v) is 16.3. The summed E-state index contributed by atoms with van der Waals surface area (Å²) in [5, 5.41) is 5.80. The first-order chi connectivity index (χ1) is 11.7. The highest BCUT2D eigenvalue weighted by molar-refractivity contribution is 7.98. The van der Waals surface area contributed by atoms with Gasteiger partial charge in [-0.2, -0.15) is 0 Å². The minimum absolute atomic E-state index is 0.134. The largest absolute Gasteiger partial charge is 0.444 e. The quantitative estimate of drug-likeness (QED) is 0.779. The van der Waals surface area contributed by atoms with Crippen LogP contribution >= 0.6 is 11.8 Å². The van der Waals surface area contributed by atoms with E-state index in [2.05, 4.69) is 10.6 Å². The highest BCUT2D eigenvalue weighted by Gasteiger charge is 2.43. The molecule has 1 saturated carbocycles. The molecule has 0 bridgehead atoms. The average Bonchev–Trinajstić information content (AvgIpc) is 3.00. The van der Waals surface area contributed by atoms with Crippen molar-refractivity contribution in [3.05, 3.63) is 29.8 Å². The predicted octanol–water partition coefficient (Wildman–Crippen LogP) is 3.86. The van der Waals surface area contributed by atoms with Gasteiger partial charge in [0.15, 0.2) is 0 Å². The Morgan fingerprint density at radius 2 is 1.76 bits per heavy atom. The van der Waals surface area contributed by atoms with E-state index < -0.39 is 17.2 Å². The number of amides is 2. The Kier molecular flexibility index (Phi) is 6.38.